The van der Waals surface area contributed by atoms with E-state index in [1.807, 2.05) is 0 Å². The average molecular weight is 325 g/mol. The highest BCUT2D eigenvalue weighted by Gasteiger charge is 2.19. The maximum Gasteiger partial charge on any atom is 0.262 e. The number of methoxy groups -OCH3 is 2. The fraction of sp³-hybridized carbons (Fsp3) is 0.200. The summed E-state index contributed by atoms with van der Waals surface area (Å²) in [5.41, 5.74) is 0.590. The highest BCUT2D eigenvalue weighted by atomic mass is 32.2. The Labute approximate surface area is 128 Å². The molecule has 0 saturated heterocycles. The van der Waals surface area contributed by atoms with Crippen molar-refractivity contribution in [2.75, 3.05) is 18.9 Å². The Hall–Kier alpha value is -2.28. The molecule has 7 heteroatoms. The quantitative estimate of drug-likeness (QED) is 0.918. The number of halogens is 1. The second-order valence-electron chi connectivity index (χ2n) is 4.58. The van der Waals surface area contributed by atoms with Crippen molar-refractivity contribution in [2.45, 2.75) is 11.8 Å². The smallest absolute Gasteiger partial charge is 0.262 e. The molecule has 0 aliphatic carbocycles. The van der Waals surface area contributed by atoms with Gasteiger partial charge in [0.25, 0.3) is 10.0 Å². The molecule has 5 nitrogen and oxygen atoms in total. The predicted octanol–water partition coefficient (Wildman–Crippen LogP) is 2.95. The minimum atomic E-state index is -3.85. The summed E-state index contributed by atoms with van der Waals surface area (Å²) in [7, 11) is -0.924. The van der Waals surface area contributed by atoms with Crippen LogP contribution < -0.4 is 14.2 Å². The van der Waals surface area contributed by atoms with E-state index >= 15 is 0 Å². The van der Waals surface area contributed by atoms with Crippen LogP contribution in [0.4, 0.5) is 10.1 Å². The molecule has 1 N–H and O–H groups in total. The number of hydrogen-bond acceptors (Lipinski definition) is 4. The third-order valence-electron chi connectivity index (χ3n) is 3.08. The molecule has 2 aromatic carbocycles. The molecule has 0 aromatic heterocycles. The molecule has 0 aliphatic heterocycles. The van der Waals surface area contributed by atoms with Crippen molar-refractivity contribution in [1.29, 1.82) is 0 Å². The van der Waals surface area contributed by atoms with Gasteiger partial charge in [-0.1, -0.05) is 0 Å². The molecule has 0 unspecified atom stereocenters. The van der Waals surface area contributed by atoms with Crippen molar-refractivity contribution in [3.05, 3.63) is 47.8 Å². The van der Waals surface area contributed by atoms with Crippen LogP contribution in [0.2, 0.25) is 0 Å². The zero-order valence-corrected chi connectivity index (χ0v) is 13.2. The molecule has 0 atom stereocenters. The summed E-state index contributed by atoms with van der Waals surface area (Å²) in [4.78, 5) is 0.00627. The van der Waals surface area contributed by atoms with Crippen LogP contribution in [0.3, 0.4) is 0 Å². The third kappa shape index (κ3) is 3.30. The summed E-state index contributed by atoms with van der Waals surface area (Å²) in [6.45, 7) is 1.53. The molecule has 0 spiro atoms. The number of ether oxygens (including phenoxy) is 2. The van der Waals surface area contributed by atoms with Gasteiger partial charge in [0.2, 0.25) is 0 Å². The second-order valence-corrected chi connectivity index (χ2v) is 6.23. The van der Waals surface area contributed by atoms with Crippen molar-refractivity contribution in [2.24, 2.45) is 0 Å². The van der Waals surface area contributed by atoms with Crippen molar-refractivity contribution in [3.63, 3.8) is 0 Å². The van der Waals surface area contributed by atoms with E-state index in [0.717, 1.165) is 6.07 Å². The monoisotopic (exact) mass is 325 g/mol. The van der Waals surface area contributed by atoms with Crippen molar-refractivity contribution < 1.29 is 22.3 Å². The van der Waals surface area contributed by atoms with Gasteiger partial charge in [0, 0.05) is 6.07 Å². The van der Waals surface area contributed by atoms with Crippen molar-refractivity contribution in [3.8, 4) is 11.5 Å². The van der Waals surface area contributed by atoms with Gasteiger partial charge in [-0.05, 0) is 42.8 Å². The van der Waals surface area contributed by atoms with Crippen LogP contribution >= 0.6 is 0 Å². The molecule has 0 heterocycles. The maximum atomic E-state index is 13.1. The number of benzene rings is 2. The van der Waals surface area contributed by atoms with Gasteiger partial charge in [-0.3, -0.25) is 4.72 Å². The first-order valence-electron chi connectivity index (χ1n) is 6.38. The molecule has 2 rings (SSSR count). The number of nitrogens with one attached hydrogen (secondary N) is 1. The molecule has 0 saturated carbocycles. The standard InChI is InChI=1S/C15H16FNO4S/c1-10-8-11(16)4-7-15(10)22(18,19)17-13-6-5-12(20-2)9-14(13)21-3/h4-9,17H,1-3H3. The van der Waals surface area contributed by atoms with E-state index < -0.39 is 15.8 Å². The molecule has 0 radical (unpaired) electrons. The van der Waals surface area contributed by atoms with Crippen LogP contribution in [0.15, 0.2) is 41.3 Å². The minimum Gasteiger partial charge on any atom is -0.497 e. The highest BCUT2D eigenvalue weighted by molar-refractivity contribution is 7.92. The summed E-state index contributed by atoms with van der Waals surface area (Å²) in [6, 6.07) is 8.21. The molecule has 2 aromatic rings. The summed E-state index contributed by atoms with van der Waals surface area (Å²) < 4.78 is 50.6. The van der Waals surface area contributed by atoms with Crippen molar-refractivity contribution >= 4 is 15.7 Å². The van der Waals surface area contributed by atoms with Crippen LogP contribution in [0.1, 0.15) is 5.56 Å². The van der Waals surface area contributed by atoms with Crippen molar-refractivity contribution in [1.82, 2.24) is 0 Å². The molecule has 0 amide bonds. The van der Waals surface area contributed by atoms with Crippen LogP contribution in [0, 0.1) is 12.7 Å². The van der Waals surface area contributed by atoms with E-state index in [4.69, 9.17) is 9.47 Å². The molecule has 118 valence electrons. The van der Waals surface area contributed by atoms with E-state index in [1.54, 1.807) is 12.1 Å². The van der Waals surface area contributed by atoms with E-state index in [0.29, 0.717) is 17.1 Å². The zero-order chi connectivity index (χ0) is 16.3. The van der Waals surface area contributed by atoms with Crippen LogP contribution in [-0.4, -0.2) is 22.6 Å². The number of rotatable bonds is 5. The molecular formula is C15H16FNO4S. The molecule has 0 bridgehead atoms. The van der Waals surface area contributed by atoms with E-state index in [9.17, 15) is 12.8 Å². The Morgan fingerprint density at radius 2 is 1.77 bits per heavy atom. The fourth-order valence-corrected chi connectivity index (χ4v) is 3.30. The lowest BCUT2D eigenvalue weighted by Gasteiger charge is -2.14. The lowest BCUT2D eigenvalue weighted by atomic mass is 10.2. The first-order valence-corrected chi connectivity index (χ1v) is 7.86. The van der Waals surface area contributed by atoms with E-state index in [1.165, 1.54) is 39.3 Å². The predicted molar refractivity (Wildman–Crippen MR) is 81.5 cm³/mol. The zero-order valence-electron chi connectivity index (χ0n) is 12.4. The number of sulfonamides is 1. The largest absolute Gasteiger partial charge is 0.497 e. The summed E-state index contributed by atoms with van der Waals surface area (Å²) in [6.07, 6.45) is 0. The fourth-order valence-electron chi connectivity index (χ4n) is 2.00. The second kappa shape index (κ2) is 6.23. The number of anilines is 1. The Kier molecular flexibility index (Phi) is 4.56. The first-order chi connectivity index (χ1) is 10.4. The number of hydrogen-bond donors (Lipinski definition) is 1. The van der Waals surface area contributed by atoms with E-state index in [-0.39, 0.29) is 10.6 Å². The minimum absolute atomic E-state index is 0.00627. The Balaban J connectivity index is 2.40. The van der Waals surface area contributed by atoms with Gasteiger partial charge in [-0.15, -0.1) is 0 Å². The van der Waals surface area contributed by atoms with Crippen LogP contribution in [0.5, 0.6) is 11.5 Å². The Bertz CT molecular complexity index is 790. The Morgan fingerprint density at radius 3 is 2.36 bits per heavy atom. The SMILES string of the molecule is COc1ccc(NS(=O)(=O)c2ccc(F)cc2C)c(OC)c1. The van der Waals surface area contributed by atoms with Crippen LogP contribution in [-0.2, 0) is 10.0 Å². The summed E-state index contributed by atoms with van der Waals surface area (Å²) >= 11 is 0. The molecular weight excluding hydrogens is 309 g/mol. The highest BCUT2D eigenvalue weighted by Crippen LogP contribution is 2.31. The van der Waals surface area contributed by atoms with Gasteiger partial charge in [-0.2, -0.15) is 0 Å². The van der Waals surface area contributed by atoms with Gasteiger partial charge in [0.15, 0.2) is 0 Å². The first kappa shape index (κ1) is 16.1. The maximum absolute atomic E-state index is 13.1. The average Bonchev–Trinajstić information content (AvgIpc) is 2.46. The van der Waals surface area contributed by atoms with Gasteiger partial charge >= 0.3 is 0 Å². The van der Waals surface area contributed by atoms with Gasteiger partial charge in [0.1, 0.15) is 17.3 Å². The van der Waals surface area contributed by atoms with Gasteiger partial charge in [-0.25, -0.2) is 12.8 Å². The third-order valence-corrected chi connectivity index (χ3v) is 4.61. The summed E-state index contributed by atoms with van der Waals surface area (Å²) in [5.74, 6) is 0.374. The lowest BCUT2D eigenvalue weighted by molar-refractivity contribution is 0.395. The summed E-state index contributed by atoms with van der Waals surface area (Å²) in [5, 5.41) is 0. The molecule has 0 fully saturated rings. The molecule has 0 aliphatic rings. The normalized spacial score (nSPS) is 11.1. The molecule has 22 heavy (non-hydrogen) atoms. The van der Waals surface area contributed by atoms with Gasteiger partial charge in [0.05, 0.1) is 24.8 Å². The van der Waals surface area contributed by atoms with Crippen LogP contribution in [0.25, 0.3) is 0 Å². The van der Waals surface area contributed by atoms with E-state index in [2.05, 4.69) is 4.72 Å². The number of aryl methyl sites for hydroxylation is 1. The van der Waals surface area contributed by atoms with Gasteiger partial charge < -0.3 is 9.47 Å². The topological polar surface area (TPSA) is 64.6 Å². The Morgan fingerprint density at radius 1 is 1.05 bits per heavy atom. The lowest BCUT2D eigenvalue weighted by Crippen LogP contribution is -2.15.